The number of aromatic nitrogens is 2. The number of fused-ring (bicyclic) bond motifs is 1. The first-order valence-corrected chi connectivity index (χ1v) is 5.89. The summed E-state index contributed by atoms with van der Waals surface area (Å²) in [6.45, 7) is 2.06. The fourth-order valence-electron chi connectivity index (χ4n) is 2.20. The number of nitrogen functional groups attached to an aromatic ring is 1. The van der Waals surface area contributed by atoms with Gasteiger partial charge >= 0.3 is 0 Å². The van der Waals surface area contributed by atoms with E-state index in [1.807, 2.05) is 6.20 Å². The third-order valence-electron chi connectivity index (χ3n) is 3.17. The molecule has 0 fully saturated rings. The van der Waals surface area contributed by atoms with E-state index in [2.05, 4.69) is 9.55 Å². The van der Waals surface area contributed by atoms with Gasteiger partial charge in [0.2, 0.25) is 0 Å². The van der Waals surface area contributed by atoms with E-state index in [9.17, 15) is 4.79 Å². The molecule has 2 heterocycles. The second-order valence-corrected chi connectivity index (χ2v) is 4.39. The largest absolute Gasteiger partial charge is 0.399 e. The molecule has 0 bridgehead atoms. The summed E-state index contributed by atoms with van der Waals surface area (Å²) in [6.07, 6.45) is 3.71. The summed E-state index contributed by atoms with van der Waals surface area (Å²) < 4.78 is 2.07. The van der Waals surface area contributed by atoms with Crippen molar-refractivity contribution in [2.75, 3.05) is 12.3 Å². The summed E-state index contributed by atoms with van der Waals surface area (Å²) >= 11 is 0. The number of hydrogen-bond donors (Lipinski definition) is 1. The minimum Gasteiger partial charge on any atom is -0.399 e. The fourth-order valence-corrected chi connectivity index (χ4v) is 2.20. The normalized spacial score (nSPS) is 14.3. The van der Waals surface area contributed by atoms with Gasteiger partial charge in [0.15, 0.2) is 0 Å². The van der Waals surface area contributed by atoms with E-state index in [0.717, 1.165) is 12.4 Å². The van der Waals surface area contributed by atoms with Gasteiger partial charge in [-0.25, -0.2) is 4.98 Å². The molecule has 0 saturated carbocycles. The fraction of sp³-hybridized carbons (Fsp3) is 0.231. The molecular weight excluding hydrogens is 228 g/mol. The highest BCUT2D eigenvalue weighted by molar-refractivity contribution is 5.95. The SMILES string of the molecule is Nc1cccc(C(=O)N2CCn3ccnc3C2)c1. The molecule has 1 aliphatic heterocycles. The maximum Gasteiger partial charge on any atom is 0.254 e. The van der Waals surface area contributed by atoms with Crippen molar-refractivity contribution >= 4 is 11.6 Å². The van der Waals surface area contributed by atoms with Crippen LogP contribution in [0.15, 0.2) is 36.7 Å². The number of nitrogens with zero attached hydrogens (tertiary/aromatic N) is 3. The third kappa shape index (κ3) is 1.84. The average Bonchev–Trinajstić information content (AvgIpc) is 2.85. The van der Waals surface area contributed by atoms with Crippen LogP contribution in [0.25, 0.3) is 0 Å². The molecule has 0 spiro atoms. The van der Waals surface area contributed by atoms with Crippen LogP contribution in [0.5, 0.6) is 0 Å². The molecule has 3 rings (SSSR count). The van der Waals surface area contributed by atoms with Crippen LogP contribution in [0.4, 0.5) is 5.69 Å². The molecule has 2 N–H and O–H groups in total. The van der Waals surface area contributed by atoms with Gasteiger partial charge in [0.05, 0.1) is 6.54 Å². The molecule has 1 aliphatic rings. The average molecular weight is 242 g/mol. The van der Waals surface area contributed by atoms with Crippen LogP contribution in [0, 0.1) is 0 Å². The van der Waals surface area contributed by atoms with E-state index in [1.165, 1.54) is 0 Å². The van der Waals surface area contributed by atoms with Gasteiger partial charge < -0.3 is 15.2 Å². The number of carbonyl (C=O) groups excluding carboxylic acids is 1. The van der Waals surface area contributed by atoms with Gasteiger partial charge in [-0.2, -0.15) is 0 Å². The minimum absolute atomic E-state index is 0.0107. The van der Waals surface area contributed by atoms with E-state index in [0.29, 0.717) is 24.3 Å². The molecule has 1 amide bonds. The maximum atomic E-state index is 12.3. The number of anilines is 1. The van der Waals surface area contributed by atoms with Crippen molar-refractivity contribution in [1.82, 2.24) is 14.5 Å². The zero-order valence-electron chi connectivity index (χ0n) is 9.91. The summed E-state index contributed by atoms with van der Waals surface area (Å²) in [5.41, 5.74) is 6.94. The lowest BCUT2D eigenvalue weighted by molar-refractivity contribution is 0.0707. The Labute approximate surface area is 105 Å². The van der Waals surface area contributed by atoms with Crippen molar-refractivity contribution in [2.45, 2.75) is 13.1 Å². The van der Waals surface area contributed by atoms with Crippen LogP contribution in [0.2, 0.25) is 0 Å². The first-order valence-electron chi connectivity index (χ1n) is 5.89. The third-order valence-corrected chi connectivity index (χ3v) is 3.17. The Morgan fingerprint density at radius 2 is 2.22 bits per heavy atom. The number of carbonyl (C=O) groups is 1. The van der Waals surface area contributed by atoms with E-state index >= 15 is 0 Å². The van der Waals surface area contributed by atoms with E-state index < -0.39 is 0 Å². The lowest BCUT2D eigenvalue weighted by atomic mass is 10.1. The Balaban J connectivity index is 1.83. The standard InChI is InChI=1S/C13H14N4O/c14-11-3-1-2-10(8-11)13(18)17-7-6-16-5-4-15-12(16)9-17/h1-5,8H,6-7,9,14H2. The topological polar surface area (TPSA) is 64.2 Å². The molecule has 0 aliphatic carbocycles. The lowest BCUT2D eigenvalue weighted by Crippen LogP contribution is -2.38. The summed E-state index contributed by atoms with van der Waals surface area (Å²) in [7, 11) is 0. The maximum absolute atomic E-state index is 12.3. The number of rotatable bonds is 1. The van der Waals surface area contributed by atoms with E-state index in [4.69, 9.17) is 5.73 Å². The summed E-state index contributed by atoms with van der Waals surface area (Å²) in [4.78, 5) is 18.4. The van der Waals surface area contributed by atoms with E-state index in [-0.39, 0.29) is 5.91 Å². The number of amides is 1. The Hall–Kier alpha value is -2.30. The van der Waals surface area contributed by atoms with Gasteiger partial charge in [-0.05, 0) is 18.2 Å². The first kappa shape index (κ1) is 10.8. The summed E-state index contributed by atoms with van der Waals surface area (Å²) in [5, 5.41) is 0. The van der Waals surface area contributed by atoms with Crippen molar-refractivity contribution in [3.05, 3.63) is 48.0 Å². The molecule has 1 aromatic carbocycles. The van der Waals surface area contributed by atoms with Gasteiger partial charge in [-0.3, -0.25) is 4.79 Å². The zero-order chi connectivity index (χ0) is 12.5. The van der Waals surface area contributed by atoms with Crippen LogP contribution in [0.3, 0.4) is 0 Å². The second kappa shape index (κ2) is 4.18. The quantitative estimate of drug-likeness (QED) is 0.762. The van der Waals surface area contributed by atoms with E-state index in [1.54, 1.807) is 35.4 Å². The van der Waals surface area contributed by atoms with Crippen molar-refractivity contribution < 1.29 is 4.79 Å². The molecule has 1 aromatic heterocycles. The first-order chi connectivity index (χ1) is 8.74. The number of hydrogen-bond acceptors (Lipinski definition) is 3. The van der Waals surface area contributed by atoms with Crippen LogP contribution < -0.4 is 5.73 Å². The van der Waals surface area contributed by atoms with Gasteiger partial charge in [0.25, 0.3) is 5.91 Å². The lowest BCUT2D eigenvalue weighted by Gasteiger charge is -2.27. The number of imidazole rings is 1. The van der Waals surface area contributed by atoms with Crippen LogP contribution in [0.1, 0.15) is 16.2 Å². The second-order valence-electron chi connectivity index (χ2n) is 4.39. The highest BCUT2D eigenvalue weighted by Crippen LogP contribution is 2.15. The van der Waals surface area contributed by atoms with Crippen molar-refractivity contribution in [1.29, 1.82) is 0 Å². The minimum atomic E-state index is 0.0107. The highest BCUT2D eigenvalue weighted by atomic mass is 16.2. The van der Waals surface area contributed by atoms with Crippen LogP contribution >= 0.6 is 0 Å². The molecule has 2 aromatic rings. The summed E-state index contributed by atoms with van der Waals surface area (Å²) in [5.74, 6) is 0.940. The Morgan fingerprint density at radius 1 is 1.33 bits per heavy atom. The highest BCUT2D eigenvalue weighted by Gasteiger charge is 2.22. The van der Waals surface area contributed by atoms with Gasteiger partial charge in [0, 0.05) is 36.7 Å². The Kier molecular flexibility index (Phi) is 2.51. The number of benzene rings is 1. The molecule has 5 heteroatoms. The van der Waals surface area contributed by atoms with Crippen LogP contribution in [-0.4, -0.2) is 26.9 Å². The number of nitrogens with two attached hydrogens (primary N) is 1. The zero-order valence-corrected chi connectivity index (χ0v) is 9.91. The smallest absolute Gasteiger partial charge is 0.254 e. The van der Waals surface area contributed by atoms with Gasteiger partial charge in [0.1, 0.15) is 5.82 Å². The van der Waals surface area contributed by atoms with Crippen molar-refractivity contribution in [3.63, 3.8) is 0 Å². The molecular formula is C13H14N4O. The Bertz CT molecular complexity index is 590. The van der Waals surface area contributed by atoms with Crippen molar-refractivity contribution in [3.8, 4) is 0 Å². The van der Waals surface area contributed by atoms with Gasteiger partial charge in [-0.15, -0.1) is 0 Å². The van der Waals surface area contributed by atoms with Crippen molar-refractivity contribution in [2.24, 2.45) is 0 Å². The predicted octanol–water partition coefficient (Wildman–Crippen LogP) is 1.12. The molecule has 18 heavy (non-hydrogen) atoms. The Morgan fingerprint density at radius 3 is 3.06 bits per heavy atom. The molecule has 5 nitrogen and oxygen atoms in total. The molecule has 0 saturated heterocycles. The molecule has 0 atom stereocenters. The predicted molar refractivity (Wildman–Crippen MR) is 67.8 cm³/mol. The monoisotopic (exact) mass is 242 g/mol. The molecule has 0 radical (unpaired) electrons. The molecule has 92 valence electrons. The van der Waals surface area contributed by atoms with Gasteiger partial charge in [-0.1, -0.05) is 6.07 Å². The molecule has 0 unspecified atom stereocenters. The summed E-state index contributed by atoms with van der Waals surface area (Å²) in [6, 6.07) is 7.08. The van der Waals surface area contributed by atoms with Crippen LogP contribution in [-0.2, 0) is 13.1 Å².